The maximum Gasteiger partial charge on any atom is 0.245 e. The van der Waals surface area contributed by atoms with Gasteiger partial charge in [0, 0.05) is 26.1 Å². The van der Waals surface area contributed by atoms with Crippen molar-refractivity contribution in [2.24, 2.45) is 5.92 Å². The van der Waals surface area contributed by atoms with Gasteiger partial charge >= 0.3 is 0 Å². The second kappa shape index (κ2) is 7.03. The van der Waals surface area contributed by atoms with Crippen LogP contribution in [0.25, 0.3) is 0 Å². The highest BCUT2D eigenvalue weighted by atomic mass is 16.5. The number of anilines is 1. The van der Waals surface area contributed by atoms with Gasteiger partial charge in [-0.3, -0.25) is 9.59 Å². The average molecular weight is 292 g/mol. The van der Waals surface area contributed by atoms with Gasteiger partial charge in [0.25, 0.3) is 0 Å². The fraction of sp³-hybridized carbons (Fsp3) is 0.500. The molecular weight excluding hydrogens is 272 g/mol. The van der Waals surface area contributed by atoms with Gasteiger partial charge in [-0.15, -0.1) is 0 Å². The van der Waals surface area contributed by atoms with Crippen LogP contribution >= 0.6 is 0 Å². The van der Waals surface area contributed by atoms with Gasteiger partial charge < -0.3 is 15.0 Å². The standard InChI is InChI=1S/C14H20N4O3/c1-3-13(19)17-6-4-11(5-7-17)14(20)16-12-8-15-18(9-12)10-21-2/h3,8-9,11H,1,4-7,10H2,2H3,(H,16,20). The zero-order valence-electron chi connectivity index (χ0n) is 12.1. The second-order valence-corrected chi connectivity index (χ2v) is 4.98. The minimum absolute atomic E-state index is 0.0299. The SMILES string of the molecule is C=CC(=O)N1CCC(C(=O)Nc2cnn(COC)c2)CC1. The van der Waals surface area contributed by atoms with E-state index in [-0.39, 0.29) is 17.7 Å². The van der Waals surface area contributed by atoms with Crippen LogP contribution in [0.1, 0.15) is 12.8 Å². The first-order valence-electron chi connectivity index (χ1n) is 6.87. The van der Waals surface area contributed by atoms with E-state index in [0.29, 0.717) is 38.3 Å². The summed E-state index contributed by atoms with van der Waals surface area (Å²) in [7, 11) is 1.58. The number of hydrogen-bond donors (Lipinski definition) is 1. The molecule has 7 nitrogen and oxygen atoms in total. The molecule has 1 aromatic rings. The molecule has 0 atom stereocenters. The fourth-order valence-corrected chi connectivity index (χ4v) is 2.37. The number of piperidine rings is 1. The number of likely N-dealkylation sites (tertiary alicyclic amines) is 1. The monoisotopic (exact) mass is 292 g/mol. The number of methoxy groups -OCH3 is 1. The molecule has 0 unspecified atom stereocenters. The molecule has 2 heterocycles. The van der Waals surface area contributed by atoms with Crippen LogP contribution in [-0.2, 0) is 21.1 Å². The van der Waals surface area contributed by atoms with Gasteiger partial charge in [-0.25, -0.2) is 4.68 Å². The molecule has 2 amide bonds. The molecule has 1 N–H and O–H groups in total. The van der Waals surface area contributed by atoms with Crippen LogP contribution in [0.15, 0.2) is 25.0 Å². The van der Waals surface area contributed by atoms with Gasteiger partial charge in [0.05, 0.1) is 18.1 Å². The lowest BCUT2D eigenvalue weighted by atomic mass is 9.96. The molecule has 1 fully saturated rings. The van der Waals surface area contributed by atoms with Crippen LogP contribution in [0.2, 0.25) is 0 Å². The van der Waals surface area contributed by atoms with E-state index in [0.717, 1.165) is 0 Å². The van der Waals surface area contributed by atoms with E-state index in [4.69, 9.17) is 4.74 Å². The quantitative estimate of drug-likeness (QED) is 0.816. The predicted molar refractivity (Wildman–Crippen MR) is 77.4 cm³/mol. The Morgan fingerprint density at radius 3 is 2.86 bits per heavy atom. The van der Waals surface area contributed by atoms with Crippen molar-refractivity contribution in [3.05, 3.63) is 25.0 Å². The molecule has 1 saturated heterocycles. The Balaban J connectivity index is 1.84. The summed E-state index contributed by atoms with van der Waals surface area (Å²) in [5.41, 5.74) is 0.654. The third kappa shape index (κ3) is 3.91. The number of hydrogen-bond acceptors (Lipinski definition) is 4. The largest absolute Gasteiger partial charge is 0.362 e. The van der Waals surface area contributed by atoms with E-state index in [1.165, 1.54) is 6.08 Å². The highest BCUT2D eigenvalue weighted by Gasteiger charge is 2.26. The van der Waals surface area contributed by atoms with Crippen molar-refractivity contribution in [3.63, 3.8) is 0 Å². The number of carbonyl (C=O) groups is 2. The first-order chi connectivity index (χ1) is 10.1. The highest BCUT2D eigenvalue weighted by Crippen LogP contribution is 2.19. The van der Waals surface area contributed by atoms with Crippen LogP contribution in [0.4, 0.5) is 5.69 Å². The third-order valence-electron chi connectivity index (χ3n) is 3.51. The molecule has 0 aliphatic carbocycles. The van der Waals surface area contributed by atoms with Gasteiger partial charge in [-0.2, -0.15) is 5.10 Å². The summed E-state index contributed by atoms with van der Waals surface area (Å²) in [6, 6.07) is 0. The number of ether oxygens (including phenoxy) is 1. The summed E-state index contributed by atoms with van der Waals surface area (Å²) in [5, 5.41) is 6.91. The van der Waals surface area contributed by atoms with Crippen LogP contribution in [-0.4, -0.2) is 46.7 Å². The molecule has 1 aliphatic heterocycles. The summed E-state index contributed by atoms with van der Waals surface area (Å²) in [4.78, 5) is 25.4. The minimum Gasteiger partial charge on any atom is -0.362 e. The van der Waals surface area contributed by atoms with Gasteiger partial charge in [0.1, 0.15) is 6.73 Å². The van der Waals surface area contributed by atoms with Crippen LogP contribution in [0.3, 0.4) is 0 Å². The van der Waals surface area contributed by atoms with Gasteiger partial charge in [0.15, 0.2) is 0 Å². The van der Waals surface area contributed by atoms with E-state index in [1.807, 2.05) is 0 Å². The molecule has 1 aromatic heterocycles. The van der Waals surface area contributed by atoms with Gasteiger partial charge in [0.2, 0.25) is 11.8 Å². The normalized spacial score (nSPS) is 15.8. The summed E-state index contributed by atoms with van der Waals surface area (Å²) in [5.74, 6) is -0.183. The molecule has 2 rings (SSSR count). The first-order valence-corrected chi connectivity index (χ1v) is 6.87. The Bertz CT molecular complexity index is 518. The maximum atomic E-state index is 12.2. The number of amides is 2. The molecule has 0 bridgehead atoms. The fourth-order valence-electron chi connectivity index (χ4n) is 2.37. The molecule has 0 radical (unpaired) electrons. The lowest BCUT2D eigenvalue weighted by molar-refractivity contribution is -0.130. The zero-order valence-corrected chi connectivity index (χ0v) is 12.1. The summed E-state index contributed by atoms with van der Waals surface area (Å²) in [6.07, 6.45) is 5.95. The highest BCUT2D eigenvalue weighted by molar-refractivity contribution is 5.92. The first kappa shape index (κ1) is 15.2. The van der Waals surface area contributed by atoms with Crippen molar-refractivity contribution < 1.29 is 14.3 Å². The van der Waals surface area contributed by atoms with Crippen LogP contribution in [0, 0.1) is 5.92 Å². The third-order valence-corrected chi connectivity index (χ3v) is 3.51. The lowest BCUT2D eigenvalue weighted by Gasteiger charge is -2.30. The van der Waals surface area contributed by atoms with E-state index >= 15 is 0 Å². The summed E-state index contributed by atoms with van der Waals surface area (Å²) >= 11 is 0. The molecule has 7 heteroatoms. The number of aromatic nitrogens is 2. The Morgan fingerprint density at radius 1 is 1.52 bits per heavy atom. The van der Waals surface area contributed by atoms with Crippen molar-refractivity contribution in [1.82, 2.24) is 14.7 Å². The van der Waals surface area contributed by atoms with Crippen molar-refractivity contribution in [2.75, 3.05) is 25.5 Å². The Morgan fingerprint density at radius 2 is 2.24 bits per heavy atom. The maximum absolute atomic E-state index is 12.2. The van der Waals surface area contributed by atoms with E-state index < -0.39 is 0 Å². The van der Waals surface area contributed by atoms with Crippen LogP contribution < -0.4 is 5.32 Å². The molecular formula is C14H20N4O3. The number of nitrogens with one attached hydrogen (secondary N) is 1. The topological polar surface area (TPSA) is 76.5 Å². The molecule has 0 aromatic carbocycles. The second-order valence-electron chi connectivity index (χ2n) is 4.98. The van der Waals surface area contributed by atoms with Gasteiger partial charge in [-0.05, 0) is 18.9 Å². The number of carbonyl (C=O) groups excluding carboxylic acids is 2. The zero-order chi connectivity index (χ0) is 15.2. The number of rotatable bonds is 5. The van der Waals surface area contributed by atoms with E-state index in [2.05, 4.69) is 17.0 Å². The molecule has 1 aliphatic rings. The Kier molecular flexibility index (Phi) is 5.10. The Hall–Kier alpha value is -2.15. The average Bonchev–Trinajstić information content (AvgIpc) is 2.94. The summed E-state index contributed by atoms with van der Waals surface area (Å²) < 4.78 is 6.55. The van der Waals surface area contributed by atoms with Crippen LogP contribution in [0.5, 0.6) is 0 Å². The van der Waals surface area contributed by atoms with Crippen molar-refractivity contribution in [1.29, 1.82) is 0 Å². The molecule has 114 valence electrons. The molecule has 21 heavy (non-hydrogen) atoms. The minimum atomic E-state index is -0.0790. The molecule has 0 saturated carbocycles. The Labute approximate surface area is 123 Å². The van der Waals surface area contributed by atoms with Gasteiger partial charge in [-0.1, -0.05) is 6.58 Å². The van der Waals surface area contributed by atoms with E-state index in [9.17, 15) is 9.59 Å². The van der Waals surface area contributed by atoms with Crippen molar-refractivity contribution >= 4 is 17.5 Å². The number of nitrogens with zero attached hydrogens (tertiary/aromatic N) is 3. The van der Waals surface area contributed by atoms with Crippen molar-refractivity contribution in [2.45, 2.75) is 19.6 Å². The summed E-state index contributed by atoms with van der Waals surface area (Å²) in [6.45, 7) is 5.00. The lowest BCUT2D eigenvalue weighted by Crippen LogP contribution is -2.40. The smallest absolute Gasteiger partial charge is 0.245 e. The molecule has 0 spiro atoms. The predicted octanol–water partition coefficient (Wildman–Crippen LogP) is 0.850. The van der Waals surface area contributed by atoms with E-state index in [1.54, 1.807) is 29.1 Å². The van der Waals surface area contributed by atoms with Crippen molar-refractivity contribution in [3.8, 4) is 0 Å².